The number of rotatable bonds is 3. The average Bonchev–Trinajstić information content (AvgIpc) is 2.97. The molecule has 114 valence electrons. The number of hydrogen-bond donors (Lipinski definition) is 0. The number of anilines is 2. The normalized spacial score (nSPS) is 16.2. The van der Waals surface area contributed by atoms with Crippen molar-refractivity contribution in [2.45, 2.75) is 10.8 Å². The first-order chi connectivity index (χ1) is 10.6. The molecule has 2 aromatic rings. The van der Waals surface area contributed by atoms with E-state index in [2.05, 4.69) is 17.1 Å². The molecule has 0 N–H and O–H groups in total. The van der Waals surface area contributed by atoms with Gasteiger partial charge in [-0.15, -0.1) is 11.8 Å². The summed E-state index contributed by atoms with van der Waals surface area (Å²) >= 11 is 1.75. The fourth-order valence-corrected chi connectivity index (χ4v) is 3.93. The van der Waals surface area contributed by atoms with Gasteiger partial charge in [0.25, 0.3) is 0 Å². The van der Waals surface area contributed by atoms with Crippen LogP contribution >= 0.6 is 11.8 Å². The zero-order valence-corrected chi connectivity index (χ0v) is 13.8. The van der Waals surface area contributed by atoms with Crippen molar-refractivity contribution in [3.05, 3.63) is 48.2 Å². The molecular weight excluding hydrogens is 294 g/mol. The summed E-state index contributed by atoms with van der Waals surface area (Å²) in [6, 6.07) is 12.0. The van der Waals surface area contributed by atoms with Crippen LogP contribution in [0, 0.1) is 0 Å². The lowest BCUT2D eigenvalue weighted by molar-refractivity contribution is -0.119. The molecule has 0 radical (unpaired) electrons. The first kappa shape index (κ1) is 14.9. The first-order valence-electron chi connectivity index (χ1n) is 7.21. The Labute approximate surface area is 135 Å². The number of carbonyl (C=O) groups is 1. The van der Waals surface area contributed by atoms with E-state index in [4.69, 9.17) is 0 Å². The number of pyridine rings is 1. The Morgan fingerprint density at radius 3 is 2.73 bits per heavy atom. The Kier molecular flexibility index (Phi) is 4.07. The SMILES string of the molecule is CN(C)c1ncccc1N(C)C(=O)C1CSc2ccccc21. The largest absolute Gasteiger partial charge is 0.361 e. The van der Waals surface area contributed by atoms with E-state index in [0.29, 0.717) is 0 Å². The maximum atomic E-state index is 12.9. The Balaban J connectivity index is 1.91. The van der Waals surface area contributed by atoms with E-state index >= 15 is 0 Å². The van der Waals surface area contributed by atoms with Gasteiger partial charge in [-0.05, 0) is 23.8 Å². The molecule has 1 aromatic heterocycles. The first-order valence-corrected chi connectivity index (χ1v) is 8.20. The molecule has 0 bridgehead atoms. The second kappa shape index (κ2) is 6.01. The average molecular weight is 313 g/mol. The van der Waals surface area contributed by atoms with Crippen LogP contribution in [0.5, 0.6) is 0 Å². The molecule has 0 aliphatic carbocycles. The molecule has 1 aliphatic heterocycles. The Morgan fingerprint density at radius 2 is 1.95 bits per heavy atom. The van der Waals surface area contributed by atoms with Crippen LogP contribution in [0.15, 0.2) is 47.5 Å². The van der Waals surface area contributed by atoms with Crippen molar-refractivity contribution in [3.8, 4) is 0 Å². The zero-order chi connectivity index (χ0) is 15.7. The van der Waals surface area contributed by atoms with E-state index in [-0.39, 0.29) is 11.8 Å². The molecular formula is C17H19N3OS. The monoisotopic (exact) mass is 313 g/mol. The molecule has 5 heteroatoms. The van der Waals surface area contributed by atoms with Gasteiger partial charge in [0.15, 0.2) is 5.82 Å². The van der Waals surface area contributed by atoms with Crippen LogP contribution in [0.4, 0.5) is 11.5 Å². The van der Waals surface area contributed by atoms with Gasteiger partial charge in [-0.1, -0.05) is 18.2 Å². The second-order valence-corrected chi connectivity index (χ2v) is 6.60. The van der Waals surface area contributed by atoms with Gasteiger partial charge in [-0.25, -0.2) is 4.98 Å². The van der Waals surface area contributed by atoms with Crippen LogP contribution in [0.2, 0.25) is 0 Å². The Bertz CT molecular complexity index is 702. The molecule has 1 unspecified atom stereocenters. The minimum absolute atomic E-state index is 0.0820. The van der Waals surface area contributed by atoms with Crippen molar-refractivity contribution >= 4 is 29.2 Å². The summed E-state index contributed by atoms with van der Waals surface area (Å²) in [7, 11) is 5.70. The third-order valence-corrected chi connectivity index (χ3v) is 5.06. The number of carbonyl (C=O) groups excluding carboxylic acids is 1. The van der Waals surface area contributed by atoms with Crippen molar-refractivity contribution in [1.29, 1.82) is 0 Å². The highest BCUT2D eigenvalue weighted by molar-refractivity contribution is 7.99. The molecule has 3 rings (SSSR count). The lowest BCUT2D eigenvalue weighted by atomic mass is 10.00. The van der Waals surface area contributed by atoms with Crippen molar-refractivity contribution in [2.75, 3.05) is 36.7 Å². The van der Waals surface area contributed by atoms with E-state index in [1.54, 1.807) is 22.9 Å². The molecule has 1 amide bonds. The third-order valence-electron chi connectivity index (χ3n) is 3.88. The van der Waals surface area contributed by atoms with Gasteiger partial charge < -0.3 is 9.80 Å². The summed E-state index contributed by atoms with van der Waals surface area (Å²) in [4.78, 5) is 22.2. The number of nitrogens with zero attached hydrogens (tertiary/aromatic N) is 3. The topological polar surface area (TPSA) is 36.4 Å². The molecule has 0 fully saturated rings. The summed E-state index contributed by atoms with van der Waals surface area (Å²) in [5.41, 5.74) is 1.98. The summed E-state index contributed by atoms with van der Waals surface area (Å²) in [6.45, 7) is 0. The van der Waals surface area contributed by atoms with E-state index in [0.717, 1.165) is 22.8 Å². The van der Waals surface area contributed by atoms with Crippen LogP contribution in [-0.2, 0) is 4.79 Å². The number of thioether (sulfide) groups is 1. The Hall–Kier alpha value is -2.01. The Morgan fingerprint density at radius 1 is 1.18 bits per heavy atom. The second-order valence-electron chi connectivity index (χ2n) is 5.54. The molecule has 1 atom stereocenters. The van der Waals surface area contributed by atoms with Gasteiger partial charge in [-0.3, -0.25) is 4.79 Å². The number of fused-ring (bicyclic) bond motifs is 1. The van der Waals surface area contributed by atoms with Crippen LogP contribution in [0.3, 0.4) is 0 Å². The molecule has 4 nitrogen and oxygen atoms in total. The molecule has 0 saturated carbocycles. The van der Waals surface area contributed by atoms with Crippen LogP contribution < -0.4 is 9.80 Å². The van der Waals surface area contributed by atoms with Gasteiger partial charge in [0.2, 0.25) is 5.91 Å². The van der Waals surface area contributed by atoms with E-state index in [9.17, 15) is 4.79 Å². The smallest absolute Gasteiger partial charge is 0.235 e. The fraction of sp³-hybridized carbons (Fsp3) is 0.294. The lowest BCUT2D eigenvalue weighted by Crippen LogP contribution is -2.33. The van der Waals surface area contributed by atoms with Crippen LogP contribution in [0.1, 0.15) is 11.5 Å². The summed E-state index contributed by atoms with van der Waals surface area (Å²) in [5.74, 6) is 1.65. The number of benzene rings is 1. The molecule has 1 aliphatic rings. The fourth-order valence-electron chi connectivity index (χ4n) is 2.71. The summed E-state index contributed by atoms with van der Waals surface area (Å²) in [6.07, 6.45) is 1.75. The van der Waals surface area contributed by atoms with Crippen LogP contribution in [0.25, 0.3) is 0 Å². The number of aromatic nitrogens is 1. The van der Waals surface area contributed by atoms with Gasteiger partial charge in [0.05, 0.1) is 11.6 Å². The minimum atomic E-state index is -0.0820. The van der Waals surface area contributed by atoms with E-state index in [1.807, 2.05) is 50.3 Å². The van der Waals surface area contributed by atoms with Gasteiger partial charge >= 0.3 is 0 Å². The number of likely N-dealkylation sites (N-methyl/N-ethyl adjacent to an activating group) is 1. The standard InChI is InChI=1S/C17H19N3OS/c1-19(2)16-14(8-6-10-18-16)20(3)17(21)13-11-22-15-9-5-4-7-12(13)15/h4-10,13H,11H2,1-3H3. The van der Waals surface area contributed by atoms with Crippen molar-refractivity contribution in [3.63, 3.8) is 0 Å². The highest BCUT2D eigenvalue weighted by atomic mass is 32.2. The highest BCUT2D eigenvalue weighted by Gasteiger charge is 2.32. The molecule has 0 spiro atoms. The predicted molar refractivity (Wildman–Crippen MR) is 91.9 cm³/mol. The molecule has 2 heterocycles. The number of amides is 1. The maximum absolute atomic E-state index is 12.9. The molecule has 22 heavy (non-hydrogen) atoms. The van der Waals surface area contributed by atoms with Gasteiger partial charge in [0.1, 0.15) is 0 Å². The predicted octanol–water partition coefficient (Wildman–Crippen LogP) is 3.00. The summed E-state index contributed by atoms with van der Waals surface area (Å²) < 4.78 is 0. The summed E-state index contributed by atoms with van der Waals surface area (Å²) in [5, 5.41) is 0. The van der Waals surface area contributed by atoms with Crippen molar-refractivity contribution < 1.29 is 4.79 Å². The molecule has 0 saturated heterocycles. The maximum Gasteiger partial charge on any atom is 0.235 e. The zero-order valence-electron chi connectivity index (χ0n) is 13.0. The van der Waals surface area contributed by atoms with E-state index in [1.165, 1.54) is 4.90 Å². The van der Waals surface area contributed by atoms with Crippen molar-refractivity contribution in [2.24, 2.45) is 0 Å². The lowest BCUT2D eigenvalue weighted by Gasteiger charge is -2.25. The van der Waals surface area contributed by atoms with Gasteiger partial charge in [0, 0.05) is 38.0 Å². The molecule has 1 aromatic carbocycles. The minimum Gasteiger partial charge on any atom is -0.361 e. The number of hydrogen-bond acceptors (Lipinski definition) is 4. The van der Waals surface area contributed by atoms with Crippen LogP contribution in [-0.4, -0.2) is 37.8 Å². The third kappa shape index (κ3) is 2.57. The van der Waals surface area contributed by atoms with E-state index < -0.39 is 0 Å². The quantitative estimate of drug-likeness (QED) is 0.873. The highest BCUT2D eigenvalue weighted by Crippen LogP contribution is 2.41. The van der Waals surface area contributed by atoms with Gasteiger partial charge in [-0.2, -0.15) is 0 Å². The van der Waals surface area contributed by atoms with Crippen molar-refractivity contribution in [1.82, 2.24) is 4.98 Å².